The van der Waals surface area contributed by atoms with Gasteiger partial charge in [-0.2, -0.15) is 0 Å². The quantitative estimate of drug-likeness (QED) is 0.797. The molecular weight excluding hydrogens is 328 g/mol. The number of aryl methyl sites for hydroxylation is 1. The first-order valence-electron chi connectivity index (χ1n) is 7.63. The van der Waals surface area contributed by atoms with Crippen LogP contribution in [0.5, 0.6) is 5.75 Å². The molecule has 0 spiro atoms. The van der Waals surface area contributed by atoms with E-state index in [0.29, 0.717) is 11.6 Å². The van der Waals surface area contributed by atoms with Gasteiger partial charge in [0.2, 0.25) is 0 Å². The van der Waals surface area contributed by atoms with E-state index < -0.39 is 10.0 Å². The summed E-state index contributed by atoms with van der Waals surface area (Å²) in [7, 11) is -2.19. The van der Waals surface area contributed by atoms with Crippen LogP contribution < -0.4 is 14.8 Å². The zero-order valence-corrected chi connectivity index (χ0v) is 15.0. The highest BCUT2D eigenvalue weighted by Crippen LogP contribution is 2.22. The summed E-state index contributed by atoms with van der Waals surface area (Å²) in [6.07, 6.45) is 0.951. The summed E-state index contributed by atoms with van der Waals surface area (Å²) in [5.74, 6) is 1.40. The molecule has 1 unspecified atom stereocenters. The lowest BCUT2D eigenvalue weighted by Gasteiger charge is -2.12. The van der Waals surface area contributed by atoms with Crippen LogP contribution >= 0.6 is 0 Å². The molecule has 0 fully saturated rings. The van der Waals surface area contributed by atoms with Crippen LogP contribution in [0, 0.1) is 6.92 Å². The second kappa shape index (κ2) is 7.48. The molecule has 1 aromatic heterocycles. The van der Waals surface area contributed by atoms with Crippen molar-refractivity contribution in [3.63, 3.8) is 0 Å². The highest BCUT2D eigenvalue weighted by Gasteiger charge is 2.16. The Morgan fingerprint density at radius 3 is 2.38 bits per heavy atom. The molecule has 0 saturated heterocycles. The Hall–Kier alpha value is -2.35. The highest BCUT2D eigenvalue weighted by molar-refractivity contribution is 7.92. The molecule has 0 aliphatic heterocycles. The molecule has 7 nitrogen and oxygen atoms in total. The third-order valence-electron chi connectivity index (χ3n) is 3.59. The van der Waals surface area contributed by atoms with Crippen LogP contribution in [0.25, 0.3) is 0 Å². The lowest BCUT2D eigenvalue weighted by molar-refractivity contribution is 0.411. The Morgan fingerprint density at radius 1 is 1.17 bits per heavy atom. The minimum atomic E-state index is -3.73. The monoisotopic (exact) mass is 350 g/mol. The molecule has 2 aromatic rings. The molecule has 8 heteroatoms. The van der Waals surface area contributed by atoms with E-state index >= 15 is 0 Å². The number of sulfonamides is 1. The van der Waals surface area contributed by atoms with Crippen molar-refractivity contribution in [2.75, 3.05) is 17.1 Å². The van der Waals surface area contributed by atoms with E-state index in [1.54, 1.807) is 38.3 Å². The normalized spacial score (nSPS) is 12.5. The van der Waals surface area contributed by atoms with Gasteiger partial charge in [-0.1, -0.05) is 6.92 Å². The number of rotatable bonds is 7. The molecule has 0 aliphatic rings. The molecule has 1 heterocycles. The molecule has 0 saturated carbocycles. The Labute approximate surface area is 142 Å². The van der Waals surface area contributed by atoms with Crippen LogP contribution in [0.2, 0.25) is 0 Å². The zero-order valence-electron chi connectivity index (χ0n) is 14.2. The summed E-state index contributed by atoms with van der Waals surface area (Å²) >= 11 is 0. The minimum absolute atomic E-state index is 0.143. The molecule has 0 bridgehead atoms. The topological polar surface area (TPSA) is 93.2 Å². The van der Waals surface area contributed by atoms with E-state index in [1.807, 2.05) is 6.92 Å². The molecule has 130 valence electrons. The maximum atomic E-state index is 12.4. The first-order chi connectivity index (χ1) is 11.4. The molecule has 0 radical (unpaired) electrons. The standard InChI is InChI=1S/C16H22N4O3S/c1-5-12(3)17-15-8-9-16(19-18-15)20-24(21,22)13-6-7-14(23-4)11(2)10-13/h6-10,12H,5H2,1-4H3,(H,17,18)(H,19,20). The fraction of sp³-hybridized carbons (Fsp3) is 0.375. The summed E-state index contributed by atoms with van der Waals surface area (Å²) < 4.78 is 32.4. The molecular formula is C16H22N4O3S. The van der Waals surface area contributed by atoms with Crippen molar-refractivity contribution < 1.29 is 13.2 Å². The number of hydrogen-bond donors (Lipinski definition) is 2. The summed E-state index contributed by atoms with van der Waals surface area (Å²) in [5.41, 5.74) is 0.736. The highest BCUT2D eigenvalue weighted by atomic mass is 32.2. The van der Waals surface area contributed by atoms with Gasteiger partial charge in [0, 0.05) is 6.04 Å². The van der Waals surface area contributed by atoms with Crippen molar-refractivity contribution in [3.8, 4) is 5.75 Å². The Morgan fingerprint density at radius 2 is 1.83 bits per heavy atom. The fourth-order valence-corrected chi connectivity index (χ4v) is 3.11. The van der Waals surface area contributed by atoms with Gasteiger partial charge in [-0.25, -0.2) is 8.42 Å². The van der Waals surface area contributed by atoms with Crippen LogP contribution in [-0.2, 0) is 10.0 Å². The minimum Gasteiger partial charge on any atom is -0.496 e. The predicted octanol–water partition coefficient (Wildman–Crippen LogP) is 2.80. The van der Waals surface area contributed by atoms with Gasteiger partial charge in [-0.05, 0) is 56.2 Å². The SMILES string of the molecule is CCC(C)Nc1ccc(NS(=O)(=O)c2ccc(OC)c(C)c2)nn1. The van der Waals surface area contributed by atoms with Crippen LogP contribution in [-0.4, -0.2) is 31.8 Å². The number of nitrogens with zero attached hydrogens (tertiary/aromatic N) is 2. The summed E-state index contributed by atoms with van der Waals surface area (Å²) in [6.45, 7) is 5.88. The Bertz CT molecular complexity index is 791. The van der Waals surface area contributed by atoms with Crippen LogP contribution in [0.4, 0.5) is 11.6 Å². The van der Waals surface area contributed by atoms with Crippen molar-refractivity contribution >= 4 is 21.7 Å². The molecule has 0 amide bonds. The van der Waals surface area contributed by atoms with Gasteiger partial charge < -0.3 is 10.1 Å². The number of nitrogens with one attached hydrogen (secondary N) is 2. The van der Waals surface area contributed by atoms with Crippen LogP contribution in [0.15, 0.2) is 35.2 Å². The van der Waals surface area contributed by atoms with E-state index in [9.17, 15) is 8.42 Å². The molecule has 0 aliphatic carbocycles. The summed E-state index contributed by atoms with van der Waals surface area (Å²) in [4.78, 5) is 0.143. The van der Waals surface area contributed by atoms with Crippen molar-refractivity contribution in [1.29, 1.82) is 0 Å². The first kappa shape index (κ1) is 18.0. The molecule has 1 aromatic carbocycles. The molecule has 2 rings (SSSR count). The average Bonchev–Trinajstić information content (AvgIpc) is 2.56. The molecule has 24 heavy (non-hydrogen) atoms. The number of benzene rings is 1. The number of anilines is 2. The van der Waals surface area contributed by atoms with Gasteiger partial charge in [0.05, 0.1) is 12.0 Å². The van der Waals surface area contributed by atoms with E-state index in [0.717, 1.165) is 12.0 Å². The molecule has 1 atom stereocenters. The maximum Gasteiger partial charge on any atom is 0.263 e. The van der Waals surface area contributed by atoms with Gasteiger partial charge in [0.1, 0.15) is 11.6 Å². The third kappa shape index (κ3) is 4.35. The average molecular weight is 350 g/mol. The van der Waals surface area contributed by atoms with Crippen LogP contribution in [0.3, 0.4) is 0 Å². The van der Waals surface area contributed by atoms with Crippen molar-refractivity contribution in [3.05, 3.63) is 35.9 Å². The van der Waals surface area contributed by atoms with Gasteiger partial charge in [0.25, 0.3) is 10.0 Å². The molecule has 2 N–H and O–H groups in total. The van der Waals surface area contributed by atoms with E-state index in [2.05, 4.69) is 27.2 Å². The van der Waals surface area contributed by atoms with Crippen molar-refractivity contribution in [1.82, 2.24) is 10.2 Å². The van der Waals surface area contributed by atoms with E-state index in [4.69, 9.17) is 4.74 Å². The Balaban J connectivity index is 2.15. The lowest BCUT2D eigenvalue weighted by atomic mass is 10.2. The predicted molar refractivity (Wildman–Crippen MR) is 93.9 cm³/mol. The summed E-state index contributed by atoms with van der Waals surface area (Å²) in [5, 5.41) is 11.1. The van der Waals surface area contributed by atoms with Gasteiger partial charge >= 0.3 is 0 Å². The van der Waals surface area contributed by atoms with E-state index in [1.165, 1.54) is 6.07 Å². The summed E-state index contributed by atoms with van der Waals surface area (Å²) in [6, 6.07) is 8.19. The largest absolute Gasteiger partial charge is 0.496 e. The number of ether oxygens (including phenoxy) is 1. The van der Waals surface area contributed by atoms with Gasteiger partial charge in [0.15, 0.2) is 5.82 Å². The second-order valence-corrected chi connectivity index (χ2v) is 7.18. The Kier molecular flexibility index (Phi) is 5.61. The fourth-order valence-electron chi connectivity index (χ4n) is 2.03. The zero-order chi connectivity index (χ0) is 17.7. The van der Waals surface area contributed by atoms with Gasteiger partial charge in [-0.3, -0.25) is 4.72 Å². The van der Waals surface area contributed by atoms with Crippen LogP contribution in [0.1, 0.15) is 25.8 Å². The second-order valence-electron chi connectivity index (χ2n) is 5.49. The van der Waals surface area contributed by atoms with Gasteiger partial charge in [-0.15, -0.1) is 10.2 Å². The number of aromatic nitrogens is 2. The first-order valence-corrected chi connectivity index (χ1v) is 9.11. The van der Waals surface area contributed by atoms with Crippen molar-refractivity contribution in [2.24, 2.45) is 0 Å². The van der Waals surface area contributed by atoms with E-state index in [-0.39, 0.29) is 16.8 Å². The maximum absolute atomic E-state index is 12.4. The number of methoxy groups -OCH3 is 1. The van der Waals surface area contributed by atoms with Crippen molar-refractivity contribution in [2.45, 2.75) is 38.1 Å². The third-order valence-corrected chi connectivity index (χ3v) is 4.94. The lowest BCUT2D eigenvalue weighted by Crippen LogP contribution is -2.17. The smallest absolute Gasteiger partial charge is 0.263 e. The number of hydrogen-bond acceptors (Lipinski definition) is 6.